The van der Waals surface area contributed by atoms with Crippen LogP contribution in [0.15, 0.2) is 90.0 Å². The Labute approximate surface area is 177 Å². The molecule has 0 aromatic heterocycles. The molecule has 0 spiro atoms. The first-order valence-electron chi connectivity index (χ1n) is 9.67. The van der Waals surface area contributed by atoms with Crippen LogP contribution in [0.2, 0.25) is 0 Å². The topological polar surface area (TPSA) is 96.1 Å². The second-order valence-corrected chi connectivity index (χ2v) is 7.24. The third-order valence-electron chi connectivity index (χ3n) is 5.46. The zero-order chi connectivity index (χ0) is 21.5. The SMILES string of the molecule is O=C1[C@@H]2C(c3ccc([N+](=O)[O-])cc3)=NN(c3ccccc3)[C@H]2C(=O)N1c1ccccc1. The van der Waals surface area contributed by atoms with Crippen molar-refractivity contribution in [2.75, 3.05) is 9.91 Å². The molecule has 2 atom stereocenters. The van der Waals surface area contributed by atoms with E-state index >= 15 is 0 Å². The number of nitro groups is 1. The second-order valence-electron chi connectivity index (χ2n) is 7.24. The number of hydrazone groups is 1. The van der Waals surface area contributed by atoms with Gasteiger partial charge in [0.15, 0.2) is 0 Å². The van der Waals surface area contributed by atoms with Gasteiger partial charge in [-0.15, -0.1) is 0 Å². The summed E-state index contributed by atoms with van der Waals surface area (Å²) in [5.74, 6) is -1.53. The number of imide groups is 1. The molecule has 8 heteroatoms. The van der Waals surface area contributed by atoms with Gasteiger partial charge in [0, 0.05) is 12.1 Å². The lowest BCUT2D eigenvalue weighted by molar-refractivity contribution is -0.384. The molecular weight excluding hydrogens is 396 g/mol. The number of amides is 2. The lowest BCUT2D eigenvalue weighted by Gasteiger charge is -2.22. The highest BCUT2D eigenvalue weighted by atomic mass is 16.6. The maximum Gasteiger partial charge on any atom is 0.269 e. The van der Waals surface area contributed by atoms with E-state index in [1.807, 2.05) is 36.4 Å². The van der Waals surface area contributed by atoms with Gasteiger partial charge >= 0.3 is 0 Å². The van der Waals surface area contributed by atoms with E-state index in [4.69, 9.17) is 0 Å². The van der Waals surface area contributed by atoms with Gasteiger partial charge < -0.3 is 0 Å². The van der Waals surface area contributed by atoms with Crippen LogP contribution in [0.25, 0.3) is 0 Å². The Morgan fingerprint density at radius 3 is 1.94 bits per heavy atom. The van der Waals surface area contributed by atoms with Crippen LogP contribution in [-0.2, 0) is 9.59 Å². The Kier molecular flexibility index (Phi) is 4.32. The molecule has 2 aliphatic rings. The summed E-state index contributed by atoms with van der Waals surface area (Å²) < 4.78 is 0. The largest absolute Gasteiger partial charge is 0.273 e. The van der Waals surface area contributed by atoms with Gasteiger partial charge in [-0.2, -0.15) is 5.10 Å². The number of carbonyl (C=O) groups is 2. The highest BCUT2D eigenvalue weighted by molar-refractivity contribution is 6.34. The summed E-state index contributed by atoms with van der Waals surface area (Å²) in [4.78, 5) is 38.5. The van der Waals surface area contributed by atoms with Gasteiger partial charge in [-0.3, -0.25) is 24.7 Å². The minimum atomic E-state index is -0.819. The van der Waals surface area contributed by atoms with Gasteiger partial charge in [-0.1, -0.05) is 36.4 Å². The maximum atomic E-state index is 13.4. The number of para-hydroxylation sites is 2. The van der Waals surface area contributed by atoms with Crippen LogP contribution >= 0.6 is 0 Å². The highest BCUT2D eigenvalue weighted by Crippen LogP contribution is 2.39. The maximum absolute atomic E-state index is 13.4. The van der Waals surface area contributed by atoms with Gasteiger partial charge in [-0.25, -0.2) is 4.90 Å². The number of non-ortho nitro benzene ring substituents is 1. The summed E-state index contributed by atoms with van der Waals surface area (Å²) in [6.45, 7) is 0. The van der Waals surface area contributed by atoms with Gasteiger partial charge in [0.25, 0.3) is 11.6 Å². The molecule has 2 amide bonds. The van der Waals surface area contributed by atoms with Crippen molar-refractivity contribution in [1.29, 1.82) is 0 Å². The average molecular weight is 412 g/mol. The number of carbonyl (C=O) groups excluding carboxylic acids is 2. The van der Waals surface area contributed by atoms with E-state index in [2.05, 4.69) is 5.10 Å². The number of anilines is 2. The van der Waals surface area contributed by atoms with Crippen LogP contribution < -0.4 is 9.91 Å². The smallest absolute Gasteiger partial charge is 0.269 e. The lowest BCUT2D eigenvalue weighted by Crippen LogP contribution is -2.39. The third kappa shape index (κ3) is 2.96. The summed E-state index contributed by atoms with van der Waals surface area (Å²) in [5, 5.41) is 17.2. The first-order chi connectivity index (χ1) is 15.1. The molecule has 2 heterocycles. The number of nitro benzene ring substituents is 1. The molecule has 1 fully saturated rings. The van der Waals surface area contributed by atoms with Crippen molar-refractivity contribution in [3.8, 4) is 0 Å². The molecule has 3 aromatic rings. The summed E-state index contributed by atoms with van der Waals surface area (Å²) in [7, 11) is 0. The number of rotatable bonds is 4. The van der Waals surface area contributed by atoms with E-state index in [0.717, 1.165) is 0 Å². The first-order valence-corrected chi connectivity index (χ1v) is 9.67. The Morgan fingerprint density at radius 1 is 0.774 bits per heavy atom. The molecule has 0 unspecified atom stereocenters. The molecule has 1 saturated heterocycles. The monoisotopic (exact) mass is 412 g/mol. The number of fused-ring (bicyclic) bond motifs is 1. The van der Waals surface area contributed by atoms with Crippen molar-refractivity contribution in [3.05, 3.63) is 101 Å². The van der Waals surface area contributed by atoms with Crippen molar-refractivity contribution < 1.29 is 14.5 Å². The average Bonchev–Trinajstić information content (AvgIpc) is 3.32. The number of hydrogen-bond acceptors (Lipinski definition) is 6. The van der Waals surface area contributed by atoms with Gasteiger partial charge in [0.05, 0.1) is 22.0 Å². The van der Waals surface area contributed by atoms with E-state index in [-0.39, 0.29) is 17.5 Å². The van der Waals surface area contributed by atoms with Crippen LogP contribution in [0.4, 0.5) is 17.1 Å². The fourth-order valence-electron chi connectivity index (χ4n) is 4.03. The summed E-state index contributed by atoms with van der Waals surface area (Å²) in [6.07, 6.45) is 0. The fraction of sp³-hybridized carbons (Fsp3) is 0.0870. The van der Waals surface area contributed by atoms with E-state index in [1.54, 1.807) is 41.4 Å². The van der Waals surface area contributed by atoms with E-state index in [1.165, 1.54) is 17.0 Å². The quantitative estimate of drug-likeness (QED) is 0.372. The zero-order valence-corrected chi connectivity index (χ0v) is 16.2. The van der Waals surface area contributed by atoms with Gasteiger partial charge in [0.1, 0.15) is 12.0 Å². The Bertz CT molecular complexity index is 1210. The minimum Gasteiger partial charge on any atom is -0.273 e. The van der Waals surface area contributed by atoms with Crippen LogP contribution in [-0.4, -0.2) is 28.5 Å². The number of benzene rings is 3. The number of nitrogens with zero attached hydrogens (tertiary/aromatic N) is 4. The first kappa shape index (κ1) is 18.7. The molecule has 2 aliphatic heterocycles. The molecule has 31 heavy (non-hydrogen) atoms. The molecule has 0 saturated carbocycles. The Balaban J connectivity index is 1.62. The molecule has 5 rings (SSSR count). The molecular formula is C23H16N4O4. The normalized spacial score (nSPS) is 20.1. The lowest BCUT2D eigenvalue weighted by atomic mass is 9.92. The molecule has 0 bridgehead atoms. The summed E-state index contributed by atoms with van der Waals surface area (Å²) in [6, 6.07) is 23.0. The van der Waals surface area contributed by atoms with Crippen LogP contribution in [0.1, 0.15) is 5.56 Å². The fourth-order valence-corrected chi connectivity index (χ4v) is 4.03. The van der Waals surface area contributed by atoms with Crippen molar-refractivity contribution in [2.24, 2.45) is 11.0 Å². The van der Waals surface area contributed by atoms with Crippen LogP contribution in [0.5, 0.6) is 0 Å². The predicted octanol–water partition coefficient (Wildman–Crippen LogP) is 3.38. The van der Waals surface area contributed by atoms with Gasteiger partial charge in [-0.05, 0) is 42.0 Å². The van der Waals surface area contributed by atoms with Crippen LogP contribution in [0, 0.1) is 16.0 Å². The molecule has 0 aliphatic carbocycles. The summed E-state index contributed by atoms with van der Waals surface area (Å²) in [5.41, 5.74) is 2.11. The zero-order valence-electron chi connectivity index (χ0n) is 16.2. The van der Waals surface area contributed by atoms with E-state index < -0.39 is 16.9 Å². The molecule has 152 valence electrons. The van der Waals surface area contributed by atoms with Crippen molar-refractivity contribution in [2.45, 2.75) is 6.04 Å². The van der Waals surface area contributed by atoms with E-state index in [9.17, 15) is 19.7 Å². The Morgan fingerprint density at radius 2 is 1.35 bits per heavy atom. The standard InChI is InChI=1S/C23H16N4O4/c28-22-19-20(15-11-13-18(14-12-15)27(30)31)24-26(17-9-5-2-6-10-17)21(19)23(29)25(22)16-7-3-1-4-8-16/h1-14,19,21H/t19-,21-/m1/s1. The molecule has 3 aromatic carbocycles. The Hall–Kier alpha value is -4.33. The summed E-state index contributed by atoms with van der Waals surface area (Å²) >= 11 is 0. The van der Waals surface area contributed by atoms with E-state index in [0.29, 0.717) is 22.6 Å². The number of hydrogen-bond donors (Lipinski definition) is 0. The second kappa shape index (κ2) is 7.17. The van der Waals surface area contributed by atoms with Gasteiger partial charge in [0.2, 0.25) is 5.91 Å². The molecule has 0 radical (unpaired) electrons. The van der Waals surface area contributed by atoms with Crippen molar-refractivity contribution in [3.63, 3.8) is 0 Å². The highest BCUT2D eigenvalue weighted by Gasteiger charge is 2.57. The molecule has 0 N–H and O–H groups in total. The molecule has 8 nitrogen and oxygen atoms in total. The minimum absolute atomic E-state index is 0.0569. The van der Waals surface area contributed by atoms with Crippen molar-refractivity contribution >= 4 is 34.6 Å². The van der Waals surface area contributed by atoms with Crippen LogP contribution in [0.3, 0.4) is 0 Å². The predicted molar refractivity (Wildman–Crippen MR) is 115 cm³/mol. The van der Waals surface area contributed by atoms with Crippen molar-refractivity contribution in [1.82, 2.24) is 0 Å². The third-order valence-corrected chi connectivity index (χ3v) is 5.46.